The van der Waals surface area contributed by atoms with Crippen LogP contribution in [0.1, 0.15) is 25.8 Å². The fourth-order valence-corrected chi connectivity index (χ4v) is 2.00. The van der Waals surface area contributed by atoms with Crippen LogP contribution in [0, 0.1) is 0 Å². The molecule has 0 aromatic heterocycles. The maximum absolute atomic E-state index is 11.8. The van der Waals surface area contributed by atoms with Gasteiger partial charge in [-0.1, -0.05) is 37.3 Å². The van der Waals surface area contributed by atoms with Crippen molar-refractivity contribution in [1.82, 2.24) is 10.6 Å². The Morgan fingerprint density at radius 1 is 1.25 bits per heavy atom. The highest BCUT2D eigenvalue weighted by Gasteiger charge is 2.21. The lowest BCUT2D eigenvalue weighted by atomic mass is 10.1. The molecule has 20 heavy (non-hydrogen) atoms. The van der Waals surface area contributed by atoms with E-state index in [0.717, 1.165) is 12.1 Å². The first kappa shape index (κ1) is 16.2. The SMILES string of the molecule is CCNC(C)CC(=O)N[C@H](Cc1ccccc1)C(=O)O. The van der Waals surface area contributed by atoms with Gasteiger partial charge in [-0.15, -0.1) is 0 Å². The Bertz CT molecular complexity index is 434. The van der Waals surface area contributed by atoms with Gasteiger partial charge in [-0.3, -0.25) is 4.79 Å². The quantitative estimate of drug-likeness (QED) is 0.667. The number of rotatable bonds is 8. The summed E-state index contributed by atoms with van der Waals surface area (Å²) in [5, 5.41) is 14.9. The number of nitrogens with one attached hydrogen (secondary N) is 2. The summed E-state index contributed by atoms with van der Waals surface area (Å²) in [5.41, 5.74) is 0.889. The average molecular weight is 278 g/mol. The third kappa shape index (κ3) is 5.84. The first-order chi connectivity index (χ1) is 9.52. The van der Waals surface area contributed by atoms with Crippen molar-refractivity contribution in [1.29, 1.82) is 0 Å². The molecule has 110 valence electrons. The fourth-order valence-electron chi connectivity index (χ4n) is 2.00. The molecule has 5 heteroatoms. The number of carbonyl (C=O) groups excluding carboxylic acids is 1. The zero-order chi connectivity index (χ0) is 15.0. The summed E-state index contributed by atoms with van der Waals surface area (Å²) in [6.07, 6.45) is 0.559. The zero-order valence-electron chi connectivity index (χ0n) is 11.9. The van der Waals surface area contributed by atoms with Crippen LogP contribution < -0.4 is 10.6 Å². The van der Waals surface area contributed by atoms with Crippen LogP contribution in [0.3, 0.4) is 0 Å². The van der Waals surface area contributed by atoms with E-state index in [0.29, 0.717) is 0 Å². The number of carbonyl (C=O) groups is 2. The minimum atomic E-state index is -1.02. The third-order valence-corrected chi connectivity index (χ3v) is 2.96. The third-order valence-electron chi connectivity index (χ3n) is 2.96. The monoisotopic (exact) mass is 278 g/mol. The molecule has 0 fully saturated rings. The molecule has 1 amide bonds. The molecule has 0 bridgehead atoms. The van der Waals surface area contributed by atoms with Gasteiger partial charge in [0, 0.05) is 18.9 Å². The lowest BCUT2D eigenvalue weighted by Gasteiger charge is -2.17. The number of amides is 1. The van der Waals surface area contributed by atoms with Crippen LogP contribution in [0.2, 0.25) is 0 Å². The Morgan fingerprint density at radius 3 is 2.45 bits per heavy atom. The Labute approximate surface area is 119 Å². The predicted molar refractivity (Wildman–Crippen MR) is 77.5 cm³/mol. The molecule has 1 aromatic carbocycles. The van der Waals surface area contributed by atoms with E-state index < -0.39 is 12.0 Å². The maximum atomic E-state index is 11.8. The second-order valence-electron chi connectivity index (χ2n) is 4.81. The van der Waals surface area contributed by atoms with Crippen LogP contribution in [0.4, 0.5) is 0 Å². The van der Waals surface area contributed by atoms with Gasteiger partial charge in [0.15, 0.2) is 0 Å². The summed E-state index contributed by atoms with van der Waals surface area (Å²) in [7, 11) is 0. The van der Waals surface area contributed by atoms with Crippen molar-refractivity contribution in [3.05, 3.63) is 35.9 Å². The molecule has 0 spiro atoms. The Hall–Kier alpha value is -1.88. The molecule has 0 aliphatic rings. The minimum Gasteiger partial charge on any atom is -0.480 e. The lowest BCUT2D eigenvalue weighted by Crippen LogP contribution is -2.44. The van der Waals surface area contributed by atoms with E-state index in [1.807, 2.05) is 44.2 Å². The smallest absolute Gasteiger partial charge is 0.326 e. The van der Waals surface area contributed by atoms with Gasteiger partial charge in [-0.25, -0.2) is 4.79 Å². The van der Waals surface area contributed by atoms with E-state index in [2.05, 4.69) is 10.6 Å². The maximum Gasteiger partial charge on any atom is 0.326 e. The molecule has 0 saturated carbocycles. The van der Waals surface area contributed by atoms with Crippen LogP contribution in [0.25, 0.3) is 0 Å². The van der Waals surface area contributed by atoms with E-state index >= 15 is 0 Å². The topological polar surface area (TPSA) is 78.4 Å². The van der Waals surface area contributed by atoms with Gasteiger partial charge in [-0.2, -0.15) is 0 Å². The fraction of sp³-hybridized carbons (Fsp3) is 0.467. The minimum absolute atomic E-state index is 0.0335. The molecular formula is C15H22N2O3. The van der Waals surface area contributed by atoms with Crippen molar-refractivity contribution in [2.45, 2.75) is 38.8 Å². The van der Waals surface area contributed by atoms with Gasteiger partial charge < -0.3 is 15.7 Å². The molecule has 5 nitrogen and oxygen atoms in total. The normalized spacial score (nSPS) is 13.5. The highest BCUT2D eigenvalue weighted by molar-refractivity contribution is 5.84. The van der Waals surface area contributed by atoms with Gasteiger partial charge in [0.25, 0.3) is 0 Å². The molecule has 0 saturated heterocycles. The second-order valence-corrected chi connectivity index (χ2v) is 4.81. The Morgan fingerprint density at radius 2 is 1.90 bits per heavy atom. The first-order valence-electron chi connectivity index (χ1n) is 6.82. The molecule has 2 atom stereocenters. The van der Waals surface area contributed by atoms with Crippen molar-refractivity contribution in [2.24, 2.45) is 0 Å². The number of carboxylic acid groups (broad SMARTS) is 1. The lowest BCUT2D eigenvalue weighted by molar-refractivity contribution is -0.141. The van der Waals surface area contributed by atoms with Gasteiger partial charge in [0.1, 0.15) is 6.04 Å². The average Bonchev–Trinajstić information content (AvgIpc) is 2.39. The number of aliphatic carboxylic acids is 1. The van der Waals surface area contributed by atoms with Crippen molar-refractivity contribution < 1.29 is 14.7 Å². The van der Waals surface area contributed by atoms with Gasteiger partial charge in [-0.05, 0) is 19.0 Å². The summed E-state index contributed by atoms with van der Waals surface area (Å²) in [6.45, 7) is 4.64. The van der Waals surface area contributed by atoms with E-state index in [1.165, 1.54) is 0 Å². The molecule has 0 aliphatic carbocycles. The summed E-state index contributed by atoms with van der Waals surface area (Å²) in [5.74, 6) is -1.26. The zero-order valence-corrected chi connectivity index (χ0v) is 11.9. The first-order valence-corrected chi connectivity index (χ1v) is 6.82. The van der Waals surface area contributed by atoms with E-state index in [9.17, 15) is 14.7 Å². The number of benzene rings is 1. The molecule has 1 rings (SSSR count). The van der Waals surface area contributed by atoms with Crippen LogP contribution in [0.5, 0.6) is 0 Å². The van der Waals surface area contributed by atoms with Crippen LogP contribution in [-0.2, 0) is 16.0 Å². The molecule has 0 radical (unpaired) electrons. The Kier molecular flexibility index (Phi) is 6.73. The van der Waals surface area contributed by atoms with E-state index in [1.54, 1.807) is 0 Å². The number of hydrogen-bond donors (Lipinski definition) is 3. The molecule has 3 N–H and O–H groups in total. The molecular weight excluding hydrogens is 256 g/mol. The highest BCUT2D eigenvalue weighted by atomic mass is 16.4. The van der Waals surface area contributed by atoms with Crippen molar-refractivity contribution in [3.63, 3.8) is 0 Å². The number of carboxylic acids is 1. The van der Waals surface area contributed by atoms with Crippen LogP contribution in [0.15, 0.2) is 30.3 Å². The second kappa shape index (κ2) is 8.32. The standard InChI is InChI=1S/C15H22N2O3/c1-3-16-11(2)9-14(18)17-13(15(19)20)10-12-7-5-4-6-8-12/h4-8,11,13,16H,3,9-10H2,1-2H3,(H,17,18)(H,19,20)/t11?,13-/m1/s1. The number of hydrogen-bond acceptors (Lipinski definition) is 3. The van der Waals surface area contributed by atoms with Crippen molar-refractivity contribution in [2.75, 3.05) is 6.54 Å². The highest BCUT2D eigenvalue weighted by Crippen LogP contribution is 2.04. The van der Waals surface area contributed by atoms with Crippen molar-refractivity contribution in [3.8, 4) is 0 Å². The largest absolute Gasteiger partial charge is 0.480 e. The van der Waals surface area contributed by atoms with Crippen LogP contribution >= 0.6 is 0 Å². The summed E-state index contributed by atoms with van der Waals surface area (Å²) in [6, 6.07) is 8.42. The summed E-state index contributed by atoms with van der Waals surface area (Å²) < 4.78 is 0. The molecule has 1 unspecified atom stereocenters. The van der Waals surface area contributed by atoms with E-state index in [-0.39, 0.29) is 24.8 Å². The Balaban J connectivity index is 2.55. The molecule has 0 heterocycles. The summed E-state index contributed by atoms with van der Waals surface area (Å²) >= 11 is 0. The predicted octanol–water partition coefficient (Wildman–Crippen LogP) is 1.19. The van der Waals surface area contributed by atoms with Gasteiger partial charge in [0.05, 0.1) is 0 Å². The summed E-state index contributed by atoms with van der Waals surface area (Å²) in [4.78, 5) is 23.0. The molecule has 1 aromatic rings. The van der Waals surface area contributed by atoms with Crippen molar-refractivity contribution >= 4 is 11.9 Å². The van der Waals surface area contributed by atoms with Gasteiger partial charge >= 0.3 is 5.97 Å². The van der Waals surface area contributed by atoms with Crippen LogP contribution in [-0.4, -0.2) is 35.6 Å². The molecule has 0 aliphatic heterocycles. The van der Waals surface area contributed by atoms with Gasteiger partial charge in [0.2, 0.25) is 5.91 Å². The van der Waals surface area contributed by atoms with E-state index in [4.69, 9.17) is 0 Å².